The molecule has 1 aromatic heterocycles. The van der Waals surface area contributed by atoms with Crippen molar-refractivity contribution >= 4 is 34.8 Å². The van der Waals surface area contributed by atoms with E-state index in [1.807, 2.05) is 44.2 Å². The van der Waals surface area contributed by atoms with Gasteiger partial charge in [0.25, 0.3) is 5.91 Å². The average molecular weight is 381 g/mol. The molecule has 2 aromatic rings. The van der Waals surface area contributed by atoms with Crippen molar-refractivity contribution in [1.29, 1.82) is 0 Å². The highest BCUT2D eigenvalue weighted by atomic mass is 16.4. The Balaban J connectivity index is 2.00. The zero-order valence-electron chi connectivity index (χ0n) is 15.8. The maximum absolute atomic E-state index is 12.5. The van der Waals surface area contributed by atoms with Crippen LogP contribution in [0.25, 0.3) is 17.0 Å². The third-order valence-corrected chi connectivity index (χ3v) is 4.96. The van der Waals surface area contributed by atoms with Gasteiger partial charge in [0.1, 0.15) is 11.7 Å². The number of carboxylic acid groups (broad SMARTS) is 1. The highest BCUT2D eigenvalue weighted by molar-refractivity contribution is 6.08. The molecular formula is C21H23N3O4. The van der Waals surface area contributed by atoms with E-state index >= 15 is 0 Å². The molecule has 1 saturated heterocycles. The molecule has 1 atom stereocenters. The van der Waals surface area contributed by atoms with Crippen LogP contribution in [0.1, 0.15) is 37.9 Å². The second kappa shape index (κ2) is 7.34. The summed E-state index contributed by atoms with van der Waals surface area (Å²) >= 11 is 0. The van der Waals surface area contributed by atoms with Gasteiger partial charge in [-0.05, 0) is 18.6 Å². The molecule has 1 aromatic carbocycles. The Hall–Kier alpha value is -3.35. The second-order valence-electron chi connectivity index (χ2n) is 7.39. The van der Waals surface area contributed by atoms with E-state index in [-0.39, 0.29) is 24.0 Å². The highest BCUT2D eigenvalue weighted by Crippen LogP contribution is 2.34. The van der Waals surface area contributed by atoms with Gasteiger partial charge in [0.2, 0.25) is 5.91 Å². The summed E-state index contributed by atoms with van der Waals surface area (Å²) in [6.07, 6.45) is 3.32. The number of rotatable bonds is 6. The standard InChI is InChI=1S/C21H23N3O4/c1-4-21(2,3)18-13(12-7-5-6-8-14(12)22-18)11-16-20(28)23-15(19(27)24-16)9-10-17(25)26/h4-8,11,15,22H,1,9-10H2,2-3H3,(H,23,28)(H,24,27)(H,25,26)/t15-/m1/s1. The fourth-order valence-electron chi connectivity index (χ4n) is 3.22. The summed E-state index contributed by atoms with van der Waals surface area (Å²) in [5.74, 6) is -1.88. The van der Waals surface area contributed by atoms with Crippen LogP contribution in [-0.4, -0.2) is 33.9 Å². The number of carbonyl (C=O) groups is 3. The molecule has 7 nitrogen and oxygen atoms in total. The number of aromatic nitrogens is 1. The predicted octanol–water partition coefficient (Wildman–Crippen LogP) is 2.45. The van der Waals surface area contributed by atoms with Gasteiger partial charge >= 0.3 is 5.97 Å². The first-order valence-corrected chi connectivity index (χ1v) is 9.03. The van der Waals surface area contributed by atoms with Crippen molar-refractivity contribution in [2.75, 3.05) is 0 Å². The maximum Gasteiger partial charge on any atom is 0.303 e. The molecule has 0 unspecified atom stereocenters. The van der Waals surface area contributed by atoms with E-state index in [1.165, 1.54) is 0 Å². The normalized spacial score (nSPS) is 18.8. The Kier molecular flexibility index (Phi) is 5.09. The first kappa shape index (κ1) is 19.4. The smallest absolute Gasteiger partial charge is 0.303 e. The molecule has 2 heterocycles. The Bertz CT molecular complexity index is 1000. The van der Waals surface area contributed by atoms with Crippen LogP contribution in [0.4, 0.5) is 0 Å². The van der Waals surface area contributed by atoms with Crippen LogP contribution in [0.3, 0.4) is 0 Å². The summed E-state index contributed by atoms with van der Waals surface area (Å²) in [5, 5.41) is 14.9. The van der Waals surface area contributed by atoms with Crippen LogP contribution in [0, 0.1) is 0 Å². The summed E-state index contributed by atoms with van der Waals surface area (Å²) < 4.78 is 0. The maximum atomic E-state index is 12.5. The molecule has 146 valence electrons. The lowest BCUT2D eigenvalue weighted by Gasteiger charge is -2.25. The second-order valence-corrected chi connectivity index (χ2v) is 7.39. The van der Waals surface area contributed by atoms with Crippen LogP contribution in [0.15, 0.2) is 42.6 Å². The quantitative estimate of drug-likeness (QED) is 0.455. The SMILES string of the molecule is C=CC(C)(C)c1[nH]c2ccccc2c1C=C1NC(=O)[C@@H](CCC(=O)O)NC1=O. The number of aliphatic carboxylic acids is 1. The number of carboxylic acids is 1. The Morgan fingerprint density at radius 3 is 2.68 bits per heavy atom. The molecule has 0 spiro atoms. The van der Waals surface area contributed by atoms with Crippen molar-refractivity contribution in [1.82, 2.24) is 15.6 Å². The van der Waals surface area contributed by atoms with Crippen LogP contribution in [0.2, 0.25) is 0 Å². The number of aromatic amines is 1. The van der Waals surface area contributed by atoms with Crippen LogP contribution in [-0.2, 0) is 19.8 Å². The summed E-state index contributed by atoms with van der Waals surface area (Å²) in [7, 11) is 0. The summed E-state index contributed by atoms with van der Waals surface area (Å²) in [4.78, 5) is 38.9. The zero-order valence-corrected chi connectivity index (χ0v) is 15.8. The summed E-state index contributed by atoms with van der Waals surface area (Å²) in [6.45, 7) is 7.92. The fourth-order valence-corrected chi connectivity index (χ4v) is 3.22. The van der Waals surface area contributed by atoms with Gasteiger partial charge in [-0.15, -0.1) is 6.58 Å². The number of para-hydroxylation sites is 1. The molecule has 28 heavy (non-hydrogen) atoms. The van der Waals surface area contributed by atoms with Gasteiger partial charge in [-0.3, -0.25) is 14.4 Å². The van der Waals surface area contributed by atoms with E-state index in [0.717, 1.165) is 22.2 Å². The monoisotopic (exact) mass is 381 g/mol. The number of amides is 2. The van der Waals surface area contributed by atoms with Gasteiger partial charge in [-0.25, -0.2) is 0 Å². The van der Waals surface area contributed by atoms with Gasteiger partial charge in [0, 0.05) is 34.0 Å². The molecule has 1 aliphatic heterocycles. The molecule has 2 amide bonds. The molecule has 7 heteroatoms. The van der Waals surface area contributed by atoms with E-state index in [1.54, 1.807) is 6.08 Å². The topological polar surface area (TPSA) is 111 Å². The van der Waals surface area contributed by atoms with Crippen LogP contribution in [0.5, 0.6) is 0 Å². The molecule has 3 rings (SSSR count). The number of allylic oxidation sites excluding steroid dienone is 1. The third kappa shape index (κ3) is 3.69. The number of piperazine rings is 1. The van der Waals surface area contributed by atoms with E-state index in [9.17, 15) is 14.4 Å². The fraction of sp³-hybridized carbons (Fsp3) is 0.286. The minimum Gasteiger partial charge on any atom is -0.481 e. The van der Waals surface area contributed by atoms with Gasteiger partial charge in [-0.1, -0.05) is 38.1 Å². The number of hydrogen-bond acceptors (Lipinski definition) is 3. The molecule has 0 saturated carbocycles. The lowest BCUT2D eigenvalue weighted by Crippen LogP contribution is -2.54. The van der Waals surface area contributed by atoms with Crippen molar-refractivity contribution < 1.29 is 19.5 Å². The number of nitrogens with one attached hydrogen (secondary N) is 3. The van der Waals surface area contributed by atoms with Crippen molar-refractivity contribution in [2.45, 2.75) is 38.1 Å². The summed E-state index contributed by atoms with van der Waals surface area (Å²) in [5.41, 5.74) is 2.34. The first-order valence-electron chi connectivity index (χ1n) is 9.03. The molecule has 1 aliphatic rings. The number of H-pyrrole nitrogens is 1. The predicted molar refractivity (Wildman–Crippen MR) is 106 cm³/mol. The largest absolute Gasteiger partial charge is 0.481 e. The number of fused-ring (bicyclic) bond motifs is 1. The van der Waals surface area contributed by atoms with Gasteiger partial charge < -0.3 is 20.7 Å². The summed E-state index contributed by atoms with van der Waals surface area (Å²) in [6, 6.07) is 6.86. The Labute approximate surface area is 162 Å². The minimum absolute atomic E-state index is 0.0437. The number of carbonyl (C=O) groups excluding carboxylic acids is 2. The average Bonchev–Trinajstić information content (AvgIpc) is 3.02. The number of benzene rings is 1. The van der Waals surface area contributed by atoms with E-state index in [0.29, 0.717) is 0 Å². The Morgan fingerprint density at radius 1 is 1.29 bits per heavy atom. The Morgan fingerprint density at radius 2 is 2.00 bits per heavy atom. The zero-order chi connectivity index (χ0) is 20.5. The first-order chi connectivity index (χ1) is 13.2. The van der Waals surface area contributed by atoms with E-state index in [4.69, 9.17) is 5.11 Å². The van der Waals surface area contributed by atoms with Crippen LogP contribution >= 0.6 is 0 Å². The molecule has 1 fully saturated rings. The molecule has 0 radical (unpaired) electrons. The van der Waals surface area contributed by atoms with Gasteiger partial charge in [0.15, 0.2) is 0 Å². The van der Waals surface area contributed by atoms with Crippen molar-refractivity contribution in [2.24, 2.45) is 0 Å². The molecule has 0 aliphatic carbocycles. The van der Waals surface area contributed by atoms with Crippen molar-refractivity contribution in [3.8, 4) is 0 Å². The molecule has 0 bridgehead atoms. The lowest BCUT2D eigenvalue weighted by atomic mass is 9.86. The minimum atomic E-state index is -1.02. The molecule has 4 N–H and O–H groups in total. The van der Waals surface area contributed by atoms with Gasteiger partial charge in [0.05, 0.1) is 0 Å². The van der Waals surface area contributed by atoms with E-state index in [2.05, 4.69) is 22.2 Å². The third-order valence-electron chi connectivity index (χ3n) is 4.96. The van der Waals surface area contributed by atoms with Crippen LogP contribution < -0.4 is 10.6 Å². The number of hydrogen-bond donors (Lipinski definition) is 4. The van der Waals surface area contributed by atoms with Crippen molar-refractivity contribution in [3.05, 3.63) is 53.9 Å². The van der Waals surface area contributed by atoms with Gasteiger partial charge in [-0.2, -0.15) is 0 Å². The molecular weight excluding hydrogens is 358 g/mol. The van der Waals surface area contributed by atoms with Crippen molar-refractivity contribution in [3.63, 3.8) is 0 Å². The lowest BCUT2D eigenvalue weighted by molar-refractivity contribution is -0.138. The highest BCUT2D eigenvalue weighted by Gasteiger charge is 2.31. The van der Waals surface area contributed by atoms with E-state index < -0.39 is 23.8 Å².